The molecule has 1 amide bonds. The zero-order valence-electron chi connectivity index (χ0n) is 11.1. The van der Waals surface area contributed by atoms with Gasteiger partial charge in [-0.1, -0.05) is 11.6 Å². The van der Waals surface area contributed by atoms with Crippen LogP contribution in [0.2, 0.25) is 0 Å². The lowest BCUT2D eigenvalue weighted by Crippen LogP contribution is -2.26. The van der Waals surface area contributed by atoms with Crippen molar-refractivity contribution in [3.05, 3.63) is 47.3 Å². The van der Waals surface area contributed by atoms with Crippen LogP contribution in [0.15, 0.2) is 30.5 Å². The van der Waals surface area contributed by atoms with E-state index in [1.807, 2.05) is 20.0 Å². The number of phenols is 1. The number of benzene rings is 1. The standard InChI is InChI=1S/C14H17N3O2/c1-10-3-4-13(18)12(9-10)14(19)15-7-5-11-6-8-16-17(11)2/h3-4,6,8-9,18H,5,7H2,1-2H3,(H,15,19). The number of carbonyl (C=O) groups excluding carboxylic acids is 1. The quantitative estimate of drug-likeness (QED) is 0.872. The summed E-state index contributed by atoms with van der Waals surface area (Å²) < 4.78 is 1.77. The topological polar surface area (TPSA) is 67.2 Å². The molecule has 5 nitrogen and oxygen atoms in total. The minimum absolute atomic E-state index is 0.00336. The van der Waals surface area contributed by atoms with Crippen LogP contribution < -0.4 is 5.32 Å². The fraction of sp³-hybridized carbons (Fsp3) is 0.286. The number of nitrogens with zero attached hydrogens (tertiary/aromatic N) is 2. The Morgan fingerprint density at radius 2 is 2.21 bits per heavy atom. The molecule has 1 heterocycles. The summed E-state index contributed by atoms with van der Waals surface area (Å²) in [6.07, 6.45) is 2.43. The summed E-state index contributed by atoms with van der Waals surface area (Å²) in [5.74, 6) is -0.257. The van der Waals surface area contributed by atoms with Crippen LogP contribution in [0.3, 0.4) is 0 Å². The fourth-order valence-electron chi connectivity index (χ4n) is 1.88. The van der Waals surface area contributed by atoms with E-state index in [9.17, 15) is 9.90 Å². The molecular weight excluding hydrogens is 242 g/mol. The molecule has 100 valence electrons. The first kappa shape index (κ1) is 13.1. The van der Waals surface area contributed by atoms with Gasteiger partial charge in [0.05, 0.1) is 5.56 Å². The first-order valence-electron chi connectivity index (χ1n) is 6.12. The summed E-state index contributed by atoms with van der Waals surface area (Å²) in [6, 6.07) is 6.89. The lowest BCUT2D eigenvalue weighted by molar-refractivity contribution is 0.0951. The zero-order chi connectivity index (χ0) is 13.8. The van der Waals surface area contributed by atoms with Crippen LogP contribution in [0.5, 0.6) is 5.75 Å². The number of aromatic hydroxyl groups is 1. The van der Waals surface area contributed by atoms with Gasteiger partial charge in [0.2, 0.25) is 0 Å². The Bertz CT molecular complexity index is 590. The molecule has 0 saturated carbocycles. The van der Waals surface area contributed by atoms with Gasteiger partial charge in [-0.2, -0.15) is 5.10 Å². The van der Waals surface area contributed by atoms with Gasteiger partial charge in [0.15, 0.2) is 0 Å². The number of phenolic OH excluding ortho intramolecular Hbond substituents is 1. The van der Waals surface area contributed by atoms with Crippen molar-refractivity contribution in [1.82, 2.24) is 15.1 Å². The van der Waals surface area contributed by atoms with Gasteiger partial charge in [0.25, 0.3) is 5.91 Å². The van der Waals surface area contributed by atoms with Gasteiger partial charge in [0, 0.05) is 31.9 Å². The maximum Gasteiger partial charge on any atom is 0.255 e. The van der Waals surface area contributed by atoms with Crippen LogP contribution in [0.1, 0.15) is 21.6 Å². The molecule has 0 saturated heterocycles. The molecule has 0 aliphatic carbocycles. The second-order valence-electron chi connectivity index (χ2n) is 4.47. The summed E-state index contributed by atoms with van der Waals surface area (Å²) in [7, 11) is 1.86. The molecule has 0 unspecified atom stereocenters. The Balaban J connectivity index is 1.94. The first-order chi connectivity index (χ1) is 9.08. The Morgan fingerprint density at radius 1 is 1.42 bits per heavy atom. The van der Waals surface area contributed by atoms with E-state index >= 15 is 0 Å². The number of rotatable bonds is 4. The number of hydrogen-bond acceptors (Lipinski definition) is 3. The van der Waals surface area contributed by atoms with Gasteiger partial charge < -0.3 is 10.4 Å². The van der Waals surface area contributed by atoms with Gasteiger partial charge in [-0.05, 0) is 25.1 Å². The summed E-state index contributed by atoms with van der Waals surface area (Å²) in [5, 5.41) is 16.5. The highest BCUT2D eigenvalue weighted by Crippen LogP contribution is 2.17. The predicted molar refractivity (Wildman–Crippen MR) is 72.1 cm³/mol. The van der Waals surface area contributed by atoms with Crippen molar-refractivity contribution >= 4 is 5.91 Å². The predicted octanol–water partition coefficient (Wildman–Crippen LogP) is 1.41. The minimum atomic E-state index is -0.261. The van der Waals surface area contributed by atoms with Crippen molar-refractivity contribution in [1.29, 1.82) is 0 Å². The van der Waals surface area contributed by atoms with Gasteiger partial charge >= 0.3 is 0 Å². The summed E-state index contributed by atoms with van der Waals surface area (Å²) in [6.45, 7) is 2.39. The van der Waals surface area contributed by atoms with E-state index in [4.69, 9.17) is 0 Å². The van der Waals surface area contributed by atoms with E-state index in [1.165, 1.54) is 6.07 Å². The summed E-state index contributed by atoms with van der Waals surface area (Å²) in [4.78, 5) is 11.9. The Labute approximate surface area is 111 Å². The van der Waals surface area contributed by atoms with E-state index < -0.39 is 0 Å². The second kappa shape index (κ2) is 5.56. The summed E-state index contributed by atoms with van der Waals surface area (Å²) >= 11 is 0. The molecule has 0 bridgehead atoms. The molecule has 0 fully saturated rings. The highest BCUT2D eigenvalue weighted by atomic mass is 16.3. The fourth-order valence-corrected chi connectivity index (χ4v) is 1.88. The van der Waals surface area contributed by atoms with Crippen LogP contribution in [0.25, 0.3) is 0 Å². The largest absolute Gasteiger partial charge is 0.507 e. The maximum atomic E-state index is 11.9. The Hall–Kier alpha value is -2.30. The average Bonchev–Trinajstić information content (AvgIpc) is 2.78. The number of hydrogen-bond donors (Lipinski definition) is 2. The normalized spacial score (nSPS) is 10.4. The zero-order valence-corrected chi connectivity index (χ0v) is 11.1. The van der Waals surface area contributed by atoms with Crippen LogP contribution in [0, 0.1) is 6.92 Å². The molecule has 0 aliphatic rings. The van der Waals surface area contributed by atoms with Crippen molar-refractivity contribution in [2.45, 2.75) is 13.3 Å². The Kier molecular flexibility index (Phi) is 3.85. The molecule has 1 aromatic heterocycles. The van der Waals surface area contributed by atoms with Crippen molar-refractivity contribution < 1.29 is 9.90 Å². The van der Waals surface area contributed by atoms with Gasteiger partial charge in [-0.3, -0.25) is 9.48 Å². The number of carbonyl (C=O) groups is 1. The monoisotopic (exact) mass is 259 g/mol. The SMILES string of the molecule is Cc1ccc(O)c(C(=O)NCCc2ccnn2C)c1. The van der Waals surface area contributed by atoms with Crippen LogP contribution in [0.4, 0.5) is 0 Å². The maximum absolute atomic E-state index is 11.9. The molecule has 1 aromatic carbocycles. The van der Waals surface area contributed by atoms with E-state index in [0.29, 0.717) is 18.5 Å². The summed E-state index contributed by atoms with van der Waals surface area (Å²) in [5.41, 5.74) is 2.30. The lowest BCUT2D eigenvalue weighted by atomic mass is 10.1. The van der Waals surface area contributed by atoms with Gasteiger partial charge in [0.1, 0.15) is 5.75 Å². The van der Waals surface area contributed by atoms with Crippen molar-refractivity contribution in [3.8, 4) is 5.75 Å². The molecule has 2 rings (SSSR count). The third-order valence-corrected chi connectivity index (χ3v) is 2.99. The van der Waals surface area contributed by atoms with Crippen molar-refractivity contribution in [2.24, 2.45) is 7.05 Å². The highest BCUT2D eigenvalue weighted by molar-refractivity contribution is 5.96. The van der Waals surface area contributed by atoms with Crippen LogP contribution in [-0.2, 0) is 13.5 Å². The number of amides is 1. The van der Waals surface area contributed by atoms with Crippen molar-refractivity contribution in [3.63, 3.8) is 0 Å². The van der Waals surface area contributed by atoms with E-state index in [0.717, 1.165) is 11.3 Å². The molecule has 2 aromatic rings. The third kappa shape index (κ3) is 3.13. The highest BCUT2D eigenvalue weighted by Gasteiger charge is 2.10. The second-order valence-corrected chi connectivity index (χ2v) is 4.47. The molecule has 19 heavy (non-hydrogen) atoms. The molecular formula is C14H17N3O2. The first-order valence-corrected chi connectivity index (χ1v) is 6.12. The van der Waals surface area contributed by atoms with Crippen LogP contribution in [-0.4, -0.2) is 27.3 Å². The smallest absolute Gasteiger partial charge is 0.255 e. The lowest BCUT2D eigenvalue weighted by Gasteiger charge is -2.07. The Morgan fingerprint density at radius 3 is 2.89 bits per heavy atom. The van der Waals surface area contributed by atoms with E-state index in [1.54, 1.807) is 23.0 Å². The van der Waals surface area contributed by atoms with Crippen molar-refractivity contribution in [2.75, 3.05) is 6.54 Å². The number of nitrogens with one attached hydrogen (secondary N) is 1. The minimum Gasteiger partial charge on any atom is -0.507 e. The molecule has 0 atom stereocenters. The van der Waals surface area contributed by atoms with Crippen LogP contribution >= 0.6 is 0 Å². The average molecular weight is 259 g/mol. The molecule has 0 aliphatic heterocycles. The third-order valence-electron chi connectivity index (χ3n) is 2.99. The number of aromatic nitrogens is 2. The number of aryl methyl sites for hydroxylation is 2. The van der Waals surface area contributed by atoms with Gasteiger partial charge in [-0.25, -0.2) is 0 Å². The van der Waals surface area contributed by atoms with E-state index in [-0.39, 0.29) is 11.7 Å². The van der Waals surface area contributed by atoms with Gasteiger partial charge in [-0.15, -0.1) is 0 Å². The molecule has 0 spiro atoms. The van der Waals surface area contributed by atoms with E-state index in [2.05, 4.69) is 10.4 Å². The molecule has 2 N–H and O–H groups in total. The molecule has 5 heteroatoms. The molecule has 0 radical (unpaired) electrons.